The molecule has 3 rings (SSSR count). The number of carbonyl (C=O) groups is 1. The molecule has 0 saturated carbocycles. The number of hydrogen-bond acceptors (Lipinski definition) is 5. The van der Waals surface area contributed by atoms with Crippen LogP contribution in [0.2, 0.25) is 0 Å². The molecule has 0 saturated heterocycles. The maximum Gasteiger partial charge on any atom is 0.233 e. The van der Waals surface area contributed by atoms with Gasteiger partial charge in [-0.25, -0.2) is 13.5 Å². The minimum Gasteiger partial charge on any atom is -0.351 e. The molecule has 0 bridgehead atoms. The van der Waals surface area contributed by atoms with Crippen LogP contribution in [0.5, 0.6) is 0 Å². The fourth-order valence-electron chi connectivity index (χ4n) is 2.33. The summed E-state index contributed by atoms with van der Waals surface area (Å²) in [5.41, 5.74) is 1.01. The van der Waals surface area contributed by atoms with Gasteiger partial charge in [0.05, 0.1) is 10.8 Å². The van der Waals surface area contributed by atoms with Gasteiger partial charge in [0.25, 0.3) is 0 Å². The van der Waals surface area contributed by atoms with Gasteiger partial charge in [0.15, 0.2) is 5.82 Å². The Balaban J connectivity index is 1.64. The van der Waals surface area contributed by atoms with Crippen LogP contribution in [-0.4, -0.2) is 26.0 Å². The Kier molecular flexibility index (Phi) is 5.70. The fourth-order valence-corrected chi connectivity index (χ4v) is 3.13. The van der Waals surface area contributed by atoms with Crippen LogP contribution in [0.15, 0.2) is 53.7 Å². The van der Waals surface area contributed by atoms with Crippen molar-refractivity contribution in [2.45, 2.75) is 23.9 Å². The largest absolute Gasteiger partial charge is 0.351 e. The summed E-state index contributed by atoms with van der Waals surface area (Å²) in [6, 6.07) is 12.0. The average Bonchev–Trinajstić information content (AvgIpc) is 3.01. The number of aromatic nitrogens is 3. The second kappa shape index (κ2) is 8.17. The molecule has 6 nitrogen and oxygen atoms in total. The molecule has 0 unspecified atom stereocenters. The maximum atomic E-state index is 13.9. The second-order valence-corrected chi connectivity index (χ2v) is 7.07. The number of hydrogen-bond donors (Lipinski definition) is 2. The van der Waals surface area contributed by atoms with E-state index in [0.29, 0.717) is 0 Å². The van der Waals surface area contributed by atoms with Gasteiger partial charge in [-0.1, -0.05) is 36.0 Å². The molecule has 140 valence electrons. The molecular weight excluding hydrogens is 372 g/mol. The van der Waals surface area contributed by atoms with Gasteiger partial charge in [-0.2, -0.15) is 0 Å². The summed E-state index contributed by atoms with van der Waals surface area (Å²) in [6.07, 6.45) is 0. The lowest BCUT2D eigenvalue weighted by atomic mass is 10.2. The predicted molar refractivity (Wildman–Crippen MR) is 99.1 cm³/mol. The summed E-state index contributed by atoms with van der Waals surface area (Å²) >= 11 is 1.11. The van der Waals surface area contributed by atoms with Gasteiger partial charge in [0.2, 0.25) is 11.1 Å². The monoisotopic (exact) mass is 389 g/mol. The van der Waals surface area contributed by atoms with Crippen molar-refractivity contribution in [3.63, 3.8) is 0 Å². The van der Waals surface area contributed by atoms with Gasteiger partial charge < -0.3 is 11.2 Å². The van der Waals surface area contributed by atoms with Gasteiger partial charge in [-0.05, 0) is 36.8 Å². The van der Waals surface area contributed by atoms with Crippen LogP contribution in [0.3, 0.4) is 0 Å². The lowest BCUT2D eigenvalue weighted by Crippen LogP contribution is -2.30. The van der Waals surface area contributed by atoms with Crippen molar-refractivity contribution in [2.75, 3.05) is 5.84 Å². The van der Waals surface area contributed by atoms with Crippen molar-refractivity contribution in [1.82, 2.24) is 20.2 Å². The van der Waals surface area contributed by atoms with Crippen LogP contribution >= 0.6 is 11.8 Å². The number of nitrogens with two attached hydrogens (primary N) is 1. The first-order chi connectivity index (χ1) is 13.0. The number of carbonyl (C=O) groups excluding carboxylic acids is 1. The van der Waals surface area contributed by atoms with Crippen LogP contribution < -0.4 is 11.2 Å². The van der Waals surface area contributed by atoms with E-state index in [9.17, 15) is 13.6 Å². The molecule has 2 aromatic carbocycles. The first-order valence-electron chi connectivity index (χ1n) is 8.10. The predicted octanol–water partition coefficient (Wildman–Crippen LogP) is 2.73. The van der Waals surface area contributed by atoms with Crippen molar-refractivity contribution >= 4 is 17.7 Å². The van der Waals surface area contributed by atoms with Crippen molar-refractivity contribution in [3.05, 3.63) is 65.7 Å². The molecule has 1 atom stereocenters. The summed E-state index contributed by atoms with van der Waals surface area (Å²) in [7, 11) is 0. The smallest absolute Gasteiger partial charge is 0.233 e. The van der Waals surface area contributed by atoms with E-state index in [1.807, 2.05) is 0 Å². The highest BCUT2D eigenvalue weighted by Gasteiger charge is 2.20. The number of amides is 1. The Bertz CT molecular complexity index is 945. The third-order valence-corrected chi connectivity index (χ3v) is 4.87. The van der Waals surface area contributed by atoms with Gasteiger partial charge in [-0.15, -0.1) is 10.2 Å². The number of nitrogen functional groups attached to an aromatic ring is 1. The molecule has 0 aliphatic rings. The molecule has 27 heavy (non-hydrogen) atoms. The topological polar surface area (TPSA) is 85.8 Å². The Morgan fingerprint density at radius 2 is 1.89 bits per heavy atom. The van der Waals surface area contributed by atoms with E-state index < -0.39 is 11.1 Å². The fraction of sp³-hybridized carbons (Fsp3) is 0.167. The maximum absolute atomic E-state index is 13.9. The van der Waals surface area contributed by atoms with Gasteiger partial charge >= 0.3 is 0 Å². The highest BCUT2D eigenvalue weighted by molar-refractivity contribution is 8.00. The Hall–Kier alpha value is -2.94. The van der Waals surface area contributed by atoms with Crippen LogP contribution in [-0.2, 0) is 11.3 Å². The second-order valence-electron chi connectivity index (χ2n) is 5.76. The summed E-state index contributed by atoms with van der Waals surface area (Å²) in [5.74, 6) is 5.12. The van der Waals surface area contributed by atoms with Crippen molar-refractivity contribution < 1.29 is 13.6 Å². The lowest BCUT2D eigenvalue weighted by Gasteiger charge is -2.11. The Labute approximate surface area is 158 Å². The molecule has 1 heterocycles. The zero-order valence-corrected chi connectivity index (χ0v) is 15.2. The van der Waals surface area contributed by atoms with Crippen molar-refractivity contribution in [3.8, 4) is 11.4 Å². The SMILES string of the molecule is C[C@H](Sc1nnc(-c2ccccc2F)n1N)C(=O)NCc1ccc(F)cc1. The number of rotatable bonds is 6. The van der Waals surface area contributed by atoms with E-state index in [0.717, 1.165) is 22.0 Å². The van der Waals surface area contributed by atoms with E-state index in [2.05, 4.69) is 15.5 Å². The van der Waals surface area contributed by atoms with E-state index in [4.69, 9.17) is 5.84 Å². The standard InChI is InChI=1S/C18H17F2N5OS/c1-11(17(26)22-10-12-6-8-13(19)9-7-12)27-18-24-23-16(25(18)21)14-4-2-3-5-15(14)20/h2-9,11H,10,21H2,1H3,(H,22,26)/t11-/m0/s1. The van der Waals surface area contributed by atoms with Crippen LogP contribution in [0, 0.1) is 11.6 Å². The van der Waals surface area contributed by atoms with E-state index in [-0.39, 0.29) is 34.8 Å². The van der Waals surface area contributed by atoms with E-state index >= 15 is 0 Å². The Morgan fingerprint density at radius 3 is 2.59 bits per heavy atom. The number of nitrogens with zero attached hydrogens (tertiary/aromatic N) is 3. The number of nitrogens with one attached hydrogen (secondary N) is 1. The number of thioether (sulfide) groups is 1. The number of halogens is 2. The van der Waals surface area contributed by atoms with E-state index in [1.165, 1.54) is 18.2 Å². The summed E-state index contributed by atoms with van der Waals surface area (Å²) < 4.78 is 28.0. The van der Waals surface area contributed by atoms with Crippen LogP contribution in [0.25, 0.3) is 11.4 Å². The average molecular weight is 389 g/mol. The molecular formula is C18H17F2N5OS. The number of benzene rings is 2. The van der Waals surface area contributed by atoms with Crippen molar-refractivity contribution in [2.24, 2.45) is 0 Å². The molecule has 9 heteroatoms. The molecule has 3 aromatic rings. The van der Waals surface area contributed by atoms with E-state index in [1.54, 1.807) is 37.3 Å². The molecule has 0 spiro atoms. The van der Waals surface area contributed by atoms with Crippen LogP contribution in [0.4, 0.5) is 8.78 Å². The quantitative estimate of drug-likeness (QED) is 0.500. The molecule has 1 amide bonds. The molecule has 0 aliphatic heterocycles. The zero-order valence-electron chi connectivity index (χ0n) is 14.4. The highest BCUT2D eigenvalue weighted by Crippen LogP contribution is 2.26. The van der Waals surface area contributed by atoms with Crippen molar-refractivity contribution in [1.29, 1.82) is 0 Å². The molecule has 0 aliphatic carbocycles. The van der Waals surface area contributed by atoms with Gasteiger partial charge in [0, 0.05) is 6.54 Å². The third kappa shape index (κ3) is 4.43. The minimum absolute atomic E-state index is 0.175. The van der Waals surface area contributed by atoms with Gasteiger partial charge in [0.1, 0.15) is 11.6 Å². The normalized spacial score (nSPS) is 12.0. The molecule has 0 radical (unpaired) electrons. The molecule has 1 aromatic heterocycles. The molecule has 3 N–H and O–H groups in total. The third-order valence-electron chi connectivity index (χ3n) is 3.81. The van der Waals surface area contributed by atoms with Crippen LogP contribution in [0.1, 0.15) is 12.5 Å². The zero-order chi connectivity index (χ0) is 19.4. The first-order valence-corrected chi connectivity index (χ1v) is 8.98. The minimum atomic E-state index is -0.509. The van der Waals surface area contributed by atoms with Gasteiger partial charge in [-0.3, -0.25) is 4.79 Å². The summed E-state index contributed by atoms with van der Waals surface area (Å²) in [5, 5.41) is 10.4. The molecule has 0 fully saturated rings. The summed E-state index contributed by atoms with van der Waals surface area (Å²) in [4.78, 5) is 12.3. The first kappa shape index (κ1) is 18.8. The summed E-state index contributed by atoms with van der Waals surface area (Å²) in [6.45, 7) is 1.97. The highest BCUT2D eigenvalue weighted by atomic mass is 32.2. The lowest BCUT2D eigenvalue weighted by molar-refractivity contribution is -0.120. The Morgan fingerprint density at radius 1 is 1.19 bits per heavy atom.